The summed E-state index contributed by atoms with van der Waals surface area (Å²) >= 11 is 0. The Morgan fingerprint density at radius 2 is 0.164 bits per heavy atom. The number of aliphatic hydroxyl groups is 8. The molecule has 110 heavy (non-hydrogen) atoms. The average Bonchev–Trinajstić information content (AvgIpc) is 0.932. The molecule has 0 amide bonds. The molecular weight excluding hydrogens is 1540 g/mol. The third-order valence-electron chi connectivity index (χ3n) is 10.0. The molecular formula is C54H40O56. The molecule has 0 aliphatic heterocycles. The molecule has 0 rings (SSSR count). The molecule has 8 N–H and O–H groups in total. The summed E-state index contributed by atoms with van der Waals surface area (Å²) in [6, 6.07) is 0. The molecule has 0 saturated heterocycles. The third kappa shape index (κ3) is 63.4. The van der Waals surface area contributed by atoms with Crippen LogP contribution >= 0.6 is 0 Å². The van der Waals surface area contributed by atoms with E-state index in [4.69, 9.17) is 40.9 Å². The maximum Gasteiger partial charge on any atom is 4.00 e. The number of rotatable bonds is 40. The Morgan fingerprint density at radius 3 is 0.182 bits per heavy atom. The summed E-state index contributed by atoms with van der Waals surface area (Å²) in [6.07, 6.45) is -21.7. The Balaban J connectivity index is -0.0000000792. The molecule has 0 aliphatic rings. The Morgan fingerprint density at radius 1 is 0.127 bits per heavy atom. The number of carboxylic acid groups (broad SMARTS) is 24. The van der Waals surface area contributed by atoms with E-state index in [9.17, 15) is 238 Å². The molecule has 592 valence electrons. The predicted molar refractivity (Wildman–Crippen MR) is 253 cm³/mol. The molecule has 56 heteroatoms. The van der Waals surface area contributed by atoms with Gasteiger partial charge in [0, 0.05) is 198 Å². The number of carbonyl (C=O) groups is 24. The van der Waals surface area contributed by atoms with Gasteiger partial charge in [-0.3, -0.25) is 0 Å². The maximum atomic E-state index is 10.1. The van der Waals surface area contributed by atoms with Crippen LogP contribution in [0.1, 0.15) is 103 Å². The minimum atomic E-state index is -2.97. The van der Waals surface area contributed by atoms with Gasteiger partial charge in [-0.1, -0.05) is 0 Å². The van der Waals surface area contributed by atoms with Gasteiger partial charge in [0.1, 0.15) is 44.8 Å². The molecule has 0 aliphatic carbocycles. The molecule has 56 nitrogen and oxygen atoms in total. The van der Waals surface area contributed by atoms with Crippen LogP contribution in [0, 0.1) is 44.6 Å². The monoisotopic (exact) mass is 1580 g/mol. The first kappa shape index (κ1) is 130. The average molecular weight is 1580 g/mol. The van der Waals surface area contributed by atoms with Crippen molar-refractivity contribution < 1.29 is 278 Å². The number of hydrogen-bond acceptors (Lipinski definition) is 56. The summed E-state index contributed by atoms with van der Waals surface area (Å²) in [6.45, 7) is 0. The van der Waals surface area contributed by atoms with Gasteiger partial charge in [-0.2, -0.15) is 0 Å². The van der Waals surface area contributed by atoms with Gasteiger partial charge in [0.15, 0.2) is 0 Å². The molecule has 0 atom stereocenters. The van der Waals surface area contributed by atoms with Crippen LogP contribution in [0.5, 0.6) is 0 Å². The van der Waals surface area contributed by atoms with E-state index in [1.165, 1.54) is 0 Å². The second kappa shape index (κ2) is 57.2. The summed E-state index contributed by atoms with van der Waals surface area (Å²) in [7, 11) is 0. The largest absolute Gasteiger partial charge is 4.00 e. The zero-order chi connectivity index (χ0) is 85.2. The predicted octanol–water partition coefficient (Wildman–Crippen LogP) is -41.5. The van der Waals surface area contributed by atoms with Crippen LogP contribution < -0.4 is 123 Å². The molecule has 0 heterocycles. The molecule has 0 unspecified atom stereocenters. The summed E-state index contributed by atoms with van der Waals surface area (Å²) in [4.78, 5) is 240. The first-order valence-electron chi connectivity index (χ1n) is 24.9. The minimum absolute atomic E-state index is 0. The normalized spacial score (nSPS) is 10.3. The van der Waals surface area contributed by atoms with Crippen molar-refractivity contribution >= 4 is 143 Å². The molecule has 0 saturated carbocycles. The Kier molecular flexibility index (Phi) is 67.5. The van der Waals surface area contributed by atoms with Crippen molar-refractivity contribution in [3.63, 3.8) is 0 Å². The molecule has 0 radical (unpaired) electrons. The summed E-state index contributed by atoms with van der Waals surface area (Å²) in [5, 5.41) is 311. The van der Waals surface area contributed by atoms with Gasteiger partial charge in [0.05, 0.1) is 47.8 Å². The Bertz CT molecular complexity index is 2450. The molecule has 0 fully saturated rings. The van der Waals surface area contributed by atoms with E-state index in [2.05, 4.69) is 0 Å². The summed E-state index contributed by atoms with van der Waals surface area (Å²) < 4.78 is 0. The first-order chi connectivity index (χ1) is 46.2. The summed E-state index contributed by atoms with van der Waals surface area (Å²) in [5.41, 5.74) is -23.8. The van der Waals surface area contributed by atoms with Crippen molar-refractivity contribution in [2.45, 2.75) is 148 Å². The second-order valence-electron chi connectivity index (χ2n) is 19.3. The fourth-order valence-electron chi connectivity index (χ4n) is 5.48. The van der Waals surface area contributed by atoms with E-state index in [1.807, 2.05) is 0 Å². The van der Waals surface area contributed by atoms with Gasteiger partial charge in [-0.15, -0.1) is 0 Å². The SMILES string of the molecule is O=C([O-])CC(O)(CC(=O)[O-])C(=O)[O-].O=C([O-])CC(O)(CC(=O)[O-])C(=O)[O-].O=C([O-])CC(O)(CC(=O)[O-])C(=O)[O-].O=C([O-])CC(O)(CC(=O)[O-])C(=O)[O-].O=C([O-])CC(O)(CC(=O)[O-])C(=O)[O-].O=C([O-])CC(O)(CC(=O)[O-])C(=O)[O-].O=C([O-])CC(O)(CC(=O)[O-])C(=O)[O-].O=C([O-])CC(O)(CC(=O)[O-])C(=O)[O-].[C+4].[C+4].[C+4].[C+4].[C+4].[C+4]. The van der Waals surface area contributed by atoms with Crippen molar-refractivity contribution in [2.75, 3.05) is 0 Å². The van der Waals surface area contributed by atoms with E-state index in [0.29, 0.717) is 0 Å². The topological polar surface area (TPSA) is 1120 Å². The van der Waals surface area contributed by atoms with E-state index in [-0.39, 0.29) is 44.6 Å². The number of hydrogen-bond donors (Lipinski definition) is 8. The van der Waals surface area contributed by atoms with Crippen LogP contribution in [0.2, 0.25) is 0 Å². The number of carboxylic acids is 24. The molecule has 0 bridgehead atoms. The van der Waals surface area contributed by atoms with E-state index in [1.54, 1.807) is 0 Å². The maximum absolute atomic E-state index is 10.1. The Labute approximate surface area is 612 Å². The van der Waals surface area contributed by atoms with Gasteiger partial charge in [-0.25, -0.2) is 0 Å². The van der Waals surface area contributed by atoms with E-state index < -0.39 is 291 Å². The van der Waals surface area contributed by atoms with Gasteiger partial charge < -0.3 is 278 Å². The summed E-state index contributed by atoms with van der Waals surface area (Å²) in [5.74, 6) is -47.9. The second-order valence-corrected chi connectivity index (χ2v) is 19.3. The first-order valence-corrected chi connectivity index (χ1v) is 24.9. The van der Waals surface area contributed by atoms with Crippen molar-refractivity contribution in [3.05, 3.63) is 44.6 Å². The number of carbonyl (C=O) groups excluding carboxylic acids is 24. The Hall–Kier alpha value is -13.0. The van der Waals surface area contributed by atoms with Crippen molar-refractivity contribution in [1.82, 2.24) is 0 Å². The van der Waals surface area contributed by atoms with Gasteiger partial charge >= 0.3 is 44.6 Å². The van der Waals surface area contributed by atoms with Crippen LogP contribution in [0.3, 0.4) is 0 Å². The molecule has 0 aromatic carbocycles. The smallest absolute Gasteiger partial charge is 0.550 e. The fourth-order valence-corrected chi connectivity index (χ4v) is 5.48. The molecule has 0 aromatic rings. The van der Waals surface area contributed by atoms with Crippen LogP contribution in [-0.2, 0) is 115 Å². The molecule has 0 spiro atoms. The van der Waals surface area contributed by atoms with Gasteiger partial charge in [-0.05, 0) is 0 Å². The van der Waals surface area contributed by atoms with Crippen LogP contribution in [-0.4, -0.2) is 229 Å². The van der Waals surface area contributed by atoms with Crippen molar-refractivity contribution in [3.8, 4) is 0 Å². The zero-order valence-corrected chi connectivity index (χ0v) is 53.5. The van der Waals surface area contributed by atoms with E-state index >= 15 is 0 Å². The standard InChI is InChI=1S/8C6H8O7.6C/c8*7-3(8)1-6(13,5(11)12)2-4(9)10;;;;;;/h8*13H,1-2H2,(H,7,8)(H,9,10)(H,11,12);;;;;;/q;;;;;;;;6*+4/p-24. The molecule has 0 aromatic heterocycles. The zero-order valence-electron chi connectivity index (χ0n) is 53.5. The van der Waals surface area contributed by atoms with Crippen LogP contribution in [0.4, 0.5) is 0 Å². The van der Waals surface area contributed by atoms with Gasteiger partial charge in [0.2, 0.25) is 0 Å². The minimum Gasteiger partial charge on any atom is -0.550 e. The van der Waals surface area contributed by atoms with Gasteiger partial charge in [0.25, 0.3) is 0 Å². The van der Waals surface area contributed by atoms with Crippen LogP contribution in [0.25, 0.3) is 0 Å². The quantitative estimate of drug-likeness (QED) is 0.0282. The van der Waals surface area contributed by atoms with Crippen molar-refractivity contribution in [1.29, 1.82) is 0 Å². The number of aliphatic carboxylic acids is 24. The van der Waals surface area contributed by atoms with E-state index in [0.717, 1.165) is 0 Å². The van der Waals surface area contributed by atoms with Crippen LogP contribution in [0.15, 0.2) is 0 Å². The fraction of sp³-hybridized carbons (Fsp3) is 0.444. The van der Waals surface area contributed by atoms with Crippen molar-refractivity contribution in [2.24, 2.45) is 0 Å². The third-order valence-corrected chi connectivity index (χ3v) is 10.0.